The van der Waals surface area contributed by atoms with Crippen LogP contribution in [0.4, 0.5) is 0 Å². The Hall–Kier alpha value is 1.50. The smallest absolute Gasteiger partial charge is 0.726 e. The predicted molar refractivity (Wildman–Crippen MR) is 143 cm³/mol. The van der Waals surface area contributed by atoms with Crippen molar-refractivity contribution in [3.05, 3.63) is 23.8 Å². The molecule has 0 amide bonds. The molecule has 4 rings (SSSR count). The van der Waals surface area contributed by atoms with E-state index in [0.29, 0.717) is 36.0 Å². The summed E-state index contributed by atoms with van der Waals surface area (Å²) < 4.78 is 47.4. The van der Waals surface area contributed by atoms with Crippen molar-refractivity contribution in [3.8, 4) is 0 Å². The second kappa shape index (κ2) is 15.9. The van der Waals surface area contributed by atoms with Crippen molar-refractivity contribution >= 4 is 22.7 Å². The number of rotatable bonds is 11. The van der Waals surface area contributed by atoms with Gasteiger partial charge in [-0.2, -0.15) is 0 Å². The maximum absolute atomic E-state index is 11.8. The number of hydrogen-bond donors (Lipinski definition) is 1. The third kappa shape index (κ3) is 8.46. The number of aliphatic hydroxyl groups is 1. The van der Waals surface area contributed by atoms with Crippen molar-refractivity contribution in [2.75, 3.05) is 6.61 Å². The first-order valence-corrected chi connectivity index (χ1v) is 16.3. The van der Waals surface area contributed by atoms with Crippen LogP contribution in [-0.2, 0) is 28.1 Å². The zero-order valence-corrected chi connectivity index (χ0v) is 31.2. The minimum Gasteiger partial charge on any atom is -0.726 e. The van der Waals surface area contributed by atoms with Gasteiger partial charge in [-0.25, -0.2) is 8.42 Å². The van der Waals surface area contributed by atoms with E-state index >= 15 is 0 Å². The van der Waals surface area contributed by atoms with Crippen molar-refractivity contribution in [1.82, 2.24) is 0 Å². The molecule has 1 N–H and O–H groups in total. The molecule has 0 saturated heterocycles. The van der Waals surface area contributed by atoms with Gasteiger partial charge in [0.2, 0.25) is 10.4 Å². The first kappa shape index (κ1) is 38.7. The molecule has 0 bridgehead atoms. The molecule has 4 aliphatic carbocycles. The van der Waals surface area contributed by atoms with Crippen molar-refractivity contribution in [1.29, 1.82) is 0 Å². The standard InChI is InChI=1S/C28H46O9S2.2Na/c1-17(2)19(16-34-39(31,32)33)7-6-18(3)23-10-11-24-22-9-8-20-14-21(35-38-37-36-30)12-13-27(20,4)25(22)15-26(29)28(23,24)5;;/h6-8,17-19,21-26,29-30H,9-16H2,1-5H3,(H,31,32,33);;/q;2*+1/p-2/b7-6+;;/t18-,19+,21+,22+,23-,24+,25+,26+,27+,28-;;/m1../s1. The molecule has 0 spiro atoms. The molecule has 13 heteroatoms. The van der Waals surface area contributed by atoms with Gasteiger partial charge in [0.1, 0.15) is 0 Å². The summed E-state index contributed by atoms with van der Waals surface area (Å²) in [4.78, 5) is 0. The summed E-state index contributed by atoms with van der Waals surface area (Å²) in [7, 11) is -4.72. The van der Waals surface area contributed by atoms with E-state index in [0.717, 1.165) is 44.9 Å². The Balaban J connectivity index is 0.00000294. The Morgan fingerprint density at radius 1 is 1.15 bits per heavy atom. The maximum atomic E-state index is 11.8. The number of aliphatic hydroxyl groups excluding tert-OH is 1. The summed E-state index contributed by atoms with van der Waals surface area (Å²) in [5.74, 6) is 1.84. The van der Waals surface area contributed by atoms with Gasteiger partial charge < -0.3 is 14.9 Å². The van der Waals surface area contributed by atoms with Crippen LogP contribution in [-0.4, -0.2) is 36.9 Å². The predicted octanol–water partition coefficient (Wildman–Crippen LogP) is -1.34. The third-order valence-corrected chi connectivity index (χ3v) is 11.9. The minimum absolute atomic E-state index is 0. The molecule has 9 nitrogen and oxygen atoms in total. The maximum Gasteiger partial charge on any atom is 1.00 e. The molecular formula is C28H44Na2O9S2. The second-order valence-electron chi connectivity index (χ2n) is 13.1. The molecule has 224 valence electrons. The first-order valence-electron chi connectivity index (χ1n) is 14.3. The van der Waals surface area contributed by atoms with Gasteiger partial charge in [0.15, 0.2) is 12.3 Å². The quantitative estimate of drug-likeness (QED) is 0.0425. The summed E-state index contributed by atoms with van der Waals surface area (Å²) in [6.07, 6.45) is 12.7. The first-order chi connectivity index (χ1) is 18.3. The molecule has 3 saturated carbocycles. The number of hydrogen-bond acceptors (Lipinski definition) is 10. The molecule has 0 aromatic rings. The molecule has 0 aromatic carbocycles. The van der Waals surface area contributed by atoms with Gasteiger partial charge >= 0.3 is 59.1 Å². The van der Waals surface area contributed by atoms with Crippen molar-refractivity contribution in [3.63, 3.8) is 0 Å². The minimum atomic E-state index is -4.72. The van der Waals surface area contributed by atoms with Gasteiger partial charge in [0.05, 0.1) is 18.8 Å². The van der Waals surface area contributed by atoms with Crippen molar-refractivity contribution < 1.29 is 100 Å². The van der Waals surface area contributed by atoms with E-state index in [1.165, 1.54) is 5.57 Å². The normalized spacial score (nSPS) is 38.2. The van der Waals surface area contributed by atoms with Gasteiger partial charge in [-0.05, 0) is 91.3 Å². The fourth-order valence-corrected chi connectivity index (χ4v) is 9.39. The Morgan fingerprint density at radius 3 is 2.49 bits per heavy atom. The fourth-order valence-electron chi connectivity index (χ4n) is 8.74. The van der Waals surface area contributed by atoms with Crippen LogP contribution in [0.25, 0.3) is 0 Å². The molecule has 0 heterocycles. The average molecular weight is 635 g/mol. The Bertz CT molecular complexity index is 1030. The molecule has 0 radical (unpaired) electrons. The van der Waals surface area contributed by atoms with Crippen molar-refractivity contribution in [2.45, 2.75) is 91.8 Å². The summed E-state index contributed by atoms with van der Waals surface area (Å²) in [5.41, 5.74) is 1.23. The Labute approximate surface area is 294 Å². The number of allylic oxidation sites excluding steroid dienone is 2. The van der Waals surface area contributed by atoms with Gasteiger partial charge in [0, 0.05) is 5.92 Å². The molecule has 0 aromatic heterocycles. The van der Waals surface area contributed by atoms with E-state index in [4.69, 9.17) is 4.18 Å². The van der Waals surface area contributed by atoms with E-state index < -0.39 is 16.5 Å². The van der Waals surface area contributed by atoms with E-state index in [2.05, 4.69) is 46.5 Å². The second-order valence-corrected chi connectivity index (χ2v) is 14.6. The molecular weight excluding hydrogens is 590 g/mol. The molecule has 3 fully saturated rings. The summed E-state index contributed by atoms with van der Waals surface area (Å²) in [6.45, 7) is 10.7. The summed E-state index contributed by atoms with van der Waals surface area (Å²) in [6, 6.07) is 0. The SMILES string of the molecule is CC(C)[C@@H](/C=C/[C@@H](C)[C@H]1CC[C@H]2[C@@H]3CC=C4C[C@@H](OSOO[O-])CC[C@]4(C)[C@H]3C[C@H](O)[C@]12C)COS(=O)(=O)[O-].[Na+].[Na+]. The molecule has 4 aliphatic rings. The van der Waals surface area contributed by atoms with Crippen LogP contribution in [0.1, 0.15) is 79.6 Å². The van der Waals surface area contributed by atoms with Crippen molar-refractivity contribution in [2.24, 2.45) is 52.3 Å². The van der Waals surface area contributed by atoms with E-state index in [1.807, 2.05) is 19.9 Å². The molecule has 0 aliphatic heterocycles. The summed E-state index contributed by atoms with van der Waals surface area (Å²) in [5, 5.41) is 25.2. The molecule has 0 unspecified atom stereocenters. The van der Waals surface area contributed by atoms with Gasteiger partial charge in [-0.15, -0.1) is 4.33 Å². The van der Waals surface area contributed by atoms with E-state index in [9.17, 15) is 23.3 Å². The van der Waals surface area contributed by atoms with Gasteiger partial charge in [-0.1, -0.05) is 58.4 Å². The zero-order chi connectivity index (χ0) is 28.6. The Morgan fingerprint density at radius 2 is 1.85 bits per heavy atom. The van der Waals surface area contributed by atoms with Gasteiger partial charge in [-0.3, -0.25) is 13.4 Å². The van der Waals surface area contributed by atoms with Crippen LogP contribution in [0, 0.1) is 52.3 Å². The van der Waals surface area contributed by atoms with E-state index in [1.54, 1.807) is 0 Å². The fraction of sp³-hybridized carbons (Fsp3) is 0.857. The van der Waals surface area contributed by atoms with Crippen LogP contribution in [0.15, 0.2) is 23.8 Å². The largest absolute Gasteiger partial charge is 1.00 e. The Kier molecular flexibility index (Phi) is 15.0. The third-order valence-electron chi connectivity index (χ3n) is 11.0. The average Bonchev–Trinajstić information content (AvgIpc) is 3.22. The number of fused-ring (bicyclic) bond motifs is 5. The van der Waals surface area contributed by atoms with E-state index in [-0.39, 0.29) is 100 Å². The summed E-state index contributed by atoms with van der Waals surface area (Å²) >= 11 is 0.592. The molecule has 41 heavy (non-hydrogen) atoms. The van der Waals surface area contributed by atoms with Crippen LogP contribution < -0.4 is 64.4 Å². The topological polar surface area (TPSA) is 137 Å². The molecule has 10 atom stereocenters. The van der Waals surface area contributed by atoms with Crippen LogP contribution in [0.5, 0.6) is 0 Å². The van der Waals surface area contributed by atoms with Crippen LogP contribution in [0.3, 0.4) is 0 Å². The van der Waals surface area contributed by atoms with Crippen LogP contribution >= 0.6 is 12.3 Å². The zero-order valence-electron chi connectivity index (χ0n) is 25.6. The monoisotopic (exact) mass is 634 g/mol. The van der Waals surface area contributed by atoms with Gasteiger partial charge in [0.25, 0.3) is 0 Å². The van der Waals surface area contributed by atoms with Crippen LogP contribution in [0.2, 0.25) is 0 Å².